The van der Waals surface area contributed by atoms with Gasteiger partial charge in [0.2, 0.25) is 5.91 Å². The van der Waals surface area contributed by atoms with Gasteiger partial charge in [-0.1, -0.05) is 60.7 Å². The molecule has 182 valence electrons. The van der Waals surface area contributed by atoms with Gasteiger partial charge in [0, 0.05) is 11.3 Å². The van der Waals surface area contributed by atoms with Gasteiger partial charge in [-0.05, 0) is 48.2 Å². The molecule has 0 aromatic heterocycles. The average Bonchev–Trinajstić information content (AvgIpc) is 3.09. The summed E-state index contributed by atoms with van der Waals surface area (Å²) in [5, 5.41) is 0. The van der Waals surface area contributed by atoms with E-state index in [0.717, 1.165) is 11.1 Å². The molecule has 1 aliphatic heterocycles. The third-order valence-corrected chi connectivity index (χ3v) is 7.47. The van der Waals surface area contributed by atoms with E-state index in [1.54, 1.807) is 24.3 Å². The number of carbonyl (C=O) groups excluding carboxylic acids is 3. The van der Waals surface area contributed by atoms with E-state index < -0.39 is 28.8 Å². The standard InChI is InChI=1S/C29H26N2O5/c1-35-26(33)23-24(19-9-5-3-6-10-19)31(22-15-13-20(14-16-22)25(30)32)29(21-11-7-4-8-12-21)18-17-28(23,29)27(34)36-2/h3-16H,17-18H2,1-2H3,(H2,30,32)/t28-,29+/m1/s1. The largest absolute Gasteiger partial charge is 0.468 e. The van der Waals surface area contributed by atoms with Crippen molar-refractivity contribution in [1.82, 2.24) is 0 Å². The maximum atomic E-state index is 13.8. The summed E-state index contributed by atoms with van der Waals surface area (Å²) in [6, 6.07) is 26.0. The number of methoxy groups -OCH3 is 2. The number of esters is 2. The third kappa shape index (κ3) is 3.02. The van der Waals surface area contributed by atoms with Crippen molar-refractivity contribution in [3.05, 3.63) is 107 Å². The molecule has 2 aliphatic rings. The highest BCUT2D eigenvalue weighted by Gasteiger charge is 2.76. The highest BCUT2D eigenvalue weighted by molar-refractivity contribution is 6.12. The molecule has 7 heteroatoms. The van der Waals surface area contributed by atoms with E-state index in [9.17, 15) is 14.4 Å². The highest BCUT2D eigenvalue weighted by Crippen LogP contribution is 2.71. The van der Waals surface area contributed by atoms with Crippen molar-refractivity contribution in [3.8, 4) is 0 Å². The Morgan fingerprint density at radius 2 is 1.42 bits per heavy atom. The molecule has 2 N–H and O–H groups in total. The number of carbonyl (C=O) groups is 3. The summed E-state index contributed by atoms with van der Waals surface area (Å²) in [5.41, 5.74) is 6.75. The molecule has 0 bridgehead atoms. The number of hydrogen-bond acceptors (Lipinski definition) is 6. The van der Waals surface area contributed by atoms with Crippen LogP contribution in [0.25, 0.3) is 5.70 Å². The molecule has 36 heavy (non-hydrogen) atoms. The van der Waals surface area contributed by atoms with Crippen molar-refractivity contribution < 1.29 is 23.9 Å². The Labute approximate surface area is 209 Å². The second-order valence-corrected chi connectivity index (χ2v) is 8.95. The fraction of sp³-hybridized carbons (Fsp3) is 0.207. The van der Waals surface area contributed by atoms with E-state index in [0.29, 0.717) is 29.8 Å². The Balaban J connectivity index is 1.90. The van der Waals surface area contributed by atoms with Crippen molar-refractivity contribution in [2.24, 2.45) is 11.1 Å². The van der Waals surface area contributed by atoms with E-state index in [-0.39, 0.29) is 5.57 Å². The second-order valence-electron chi connectivity index (χ2n) is 8.95. The van der Waals surface area contributed by atoms with E-state index in [1.165, 1.54) is 14.2 Å². The smallest absolute Gasteiger partial charge is 0.337 e. The van der Waals surface area contributed by atoms with Gasteiger partial charge >= 0.3 is 11.9 Å². The minimum absolute atomic E-state index is 0.261. The predicted octanol–water partition coefficient (Wildman–Crippen LogP) is 4.04. The Hall–Kier alpha value is -4.39. The molecule has 0 spiro atoms. The Morgan fingerprint density at radius 3 is 1.92 bits per heavy atom. The van der Waals surface area contributed by atoms with Crippen LogP contribution >= 0.6 is 0 Å². The van der Waals surface area contributed by atoms with Crippen LogP contribution in [-0.4, -0.2) is 32.1 Å². The minimum Gasteiger partial charge on any atom is -0.468 e. The van der Waals surface area contributed by atoms with E-state index in [2.05, 4.69) is 0 Å². The highest BCUT2D eigenvalue weighted by atomic mass is 16.5. The molecule has 5 rings (SSSR count). The molecule has 3 aromatic rings. The van der Waals surface area contributed by atoms with Gasteiger partial charge in [0.15, 0.2) is 0 Å². The van der Waals surface area contributed by atoms with Crippen LogP contribution in [0.2, 0.25) is 0 Å². The van der Waals surface area contributed by atoms with Gasteiger partial charge in [0.25, 0.3) is 0 Å². The quantitative estimate of drug-likeness (QED) is 0.533. The van der Waals surface area contributed by atoms with Gasteiger partial charge in [-0.25, -0.2) is 4.79 Å². The molecule has 0 radical (unpaired) electrons. The molecule has 1 heterocycles. The lowest BCUT2D eigenvalue weighted by atomic mass is 9.50. The molecule has 0 unspecified atom stereocenters. The maximum absolute atomic E-state index is 13.8. The topological polar surface area (TPSA) is 98.9 Å². The summed E-state index contributed by atoms with van der Waals surface area (Å²) >= 11 is 0. The summed E-state index contributed by atoms with van der Waals surface area (Å²) in [4.78, 5) is 41.1. The van der Waals surface area contributed by atoms with Crippen LogP contribution in [0.15, 0.2) is 90.5 Å². The first kappa shape index (κ1) is 23.4. The minimum atomic E-state index is -1.30. The lowest BCUT2D eigenvalue weighted by Crippen LogP contribution is -2.64. The van der Waals surface area contributed by atoms with Crippen molar-refractivity contribution in [2.75, 3.05) is 19.1 Å². The monoisotopic (exact) mass is 482 g/mol. The number of anilines is 1. The molecule has 3 aromatic carbocycles. The van der Waals surface area contributed by atoms with Crippen molar-refractivity contribution in [1.29, 1.82) is 0 Å². The normalized spacial score (nSPS) is 22.4. The number of amides is 1. The average molecular weight is 483 g/mol. The Morgan fingerprint density at radius 1 is 0.806 bits per heavy atom. The fourth-order valence-electron chi connectivity index (χ4n) is 5.90. The van der Waals surface area contributed by atoms with Gasteiger partial charge in [0.05, 0.1) is 31.0 Å². The first-order chi connectivity index (χ1) is 17.4. The van der Waals surface area contributed by atoms with E-state index >= 15 is 0 Å². The molecule has 1 fully saturated rings. The molecular formula is C29H26N2O5. The first-order valence-corrected chi connectivity index (χ1v) is 11.6. The Kier molecular flexibility index (Phi) is 5.63. The van der Waals surface area contributed by atoms with Crippen LogP contribution in [0.4, 0.5) is 5.69 Å². The predicted molar refractivity (Wildman–Crippen MR) is 135 cm³/mol. The molecule has 1 aliphatic carbocycles. The maximum Gasteiger partial charge on any atom is 0.337 e. The Bertz CT molecular complexity index is 1370. The van der Waals surface area contributed by atoms with Crippen LogP contribution in [0.5, 0.6) is 0 Å². The third-order valence-electron chi connectivity index (χ3n) is 7.47. The number of nitrogens with zero attached hydrogens (tertiary/aromatic N) is 1. The molecule has 1 amide bonds. The van der Waals surface area contributed by atoms with Gasteiger partial charge in [-0.15, -0.1) is 0 Å². The van der Waals surface area contributed by atoms with Gasteiger partial charge in [-0.2, -0.15) is 0 Å². The number of nitrogens with two attached hydrogens (primary N) is 1. The number of ether oxygens (including phenoxy) is 2. The first-order valence-electron chi connectivity index (χ1n) is 11.6. The number of primary amides is 1. The van der Waals surface area contributed by atoms with Gasteiger partial charge < -0.3 is 20.1 Å². The zero-order chi connectivity index (χ0) is 25.5. The van der Waals surface area contributed by atoms with Crippen LogP contribution < -0.4 is 10.6 Å². The zero-order valence-electron chi connectivity index (χ0n) is 20.1. The number of fused-ring (bicyclic) bond motifs is 1. The van der Waals surface area contributed by atoms with Crippen LogP contribution in [0.1, 0.15) is 34.3 Å². The van der Waals surface area contributed by atoms with E-state index in [4.69, 9.17) is 15.2 Å². The second kappa shape index (κ2) is 8.68. The zero-order valence-corrected chi connectivity index (χ0v) is 20.1. The van der Waals surface area contributed by atoms with Crippen LogP contribution in [0.3, 0.4) is 0 Å². The summed E-state index contributed by atoms with van der Waals surface area (Å²) in [6.45, 7) is 0. The number of hydrogen-bond donors (Lipinski definition) is 1. The van der Waals surface area contributed by atoms with Crippen molar-refractivity contribution in [2.45, 2.75) is 18.4 Å². The summed E-state index contributed by atoms with van der Waals surface area (Å²) in [5.74, 6) is -1.62. The number of benzene rings is 3. The molecule has 0 saturated heterocycles. The van der Waals surface area contributed by atoms with Crippen LogP contribution in [0, 0.1) is 5.41 Å². The summed E-state index contributed by atoms with van der Waals surface area (Å²) in [7, 11) is 2.66. The fourth-order valence-corrected chi connectivity index (χ4v) is 5.90. The van der Waals surface area contributed by atoms with Crippen LogP contribution in [-0.2, 0) is 24.6 Å². The molecule has 2 atom stereocenters. The van der Waals surface area contributed by atoms with E-state index in [1.807, 2.05) is 65.6 Å². The van der Waals surface area contributed by atoms with Gasteiger partial charge in [-0.3, -0.25) is 9.59 Å². The molecule has 7 nitrogen and oxygen atoms in total. The lowest BCUT2D eigenvalue weighted by Gasteiger charge is -2.58. The SMILES string of the molecule is COC(=O)C1=C(c2ccccc2)N(c2ccc(C(N)=O)cc2)[C@]2(c3ccccc3)CC[C@]12C(=O)OC. The van der Waals surface area contributed by atoms with Crippen molar-refractivity contribution >= 4 is 29.2 Å². The summed E-state index contributed by atoms with van der Waals surface area (Å²) < 4.78 is 10.7. The van der Waals surface area contributed by atoms with Gasteiger partial charge in [0.1, 0.15) is 5.41 Å². The molecule has 1 saturated carbocycles. The summed E-state index contributed by atoms with van der Waals surface area (Å²) in [6.07, 6.45) is 0.992. The molecular weight excluding hydrogens is 456 g/mol. The number of rotatable bonds is 6. The van der Waals surface area contributed by atoms with Crippen molar-refractivity contribution in [3.63, 3.8) is 0 Å². The lowest BCUT2D eigenvalue weighted by molar-refractivity contribution is -0.165.